The normalized spacial score (nSPS) is 10.2. The number of aryl methyl sites for hydroxylation is 1. The highest BCUT2D eigenvalue weighted by Gasteiger charge is 2.18. The van der Waals surface area contributed by atoms with Crippen LogP contribution >= 0.6 is 27.3 Å². The van der Waals surface area contributed by atoms with E-state index < -0.39 is 24.5 Å². The number of carbonyl (C=O) groups is 3. The van der Waals surface area contributed by atoms with Crippen LogP contribution in [0.15, 0.2) is 34.1 Å². The molecule has 0 aliphatic heterocycles. The van der Waals surface area contributed by atoms with Gasteiger partial charge in [0, 0.05) is 4.88 Å². The highest BCUT2D eigenvalue weighted by Crippen LogP contribution is 2.29. The van der Waals surface area contributed by atoms with Crippen LogP contribution in [0.3, 0.4) is 0 Å². The van der Waals surface area contributed by atoms with Crippen LogP contribution in [-0.2, 0) is 16.1 Å². The molecule has 7 nitrogen and oxygen atoms in total. The molecule has 0 aliphatic rings. The van der Waals surface area contributed by atoms with Crippen molar-refractivity contribution >= 4 is 45.2 Å². The lowest BCUT2D eigenvalue weighted by Gasteiger charge is -2.09. The van der Waals surface area contributed by atoms with E-state index in [1.54, 1.807) is 13.0 Å². The van der Waals surface area contributed by atoms with Gasteiger partial charge in [-0.1, -0.05) is 6.07 Å². The molecule has 1 heterocycles. The van der Waals surface area contributed by atoms with E-state index in [1.165, 1.54) is 17.4 Å². The molecule has 0 aliphatic carbocycles. The van der Waals surface area contributed by atoms with Crippen LogP contribution < -0.4 is 10.6 Å². The highest BCUT2D eigenvalue weighted by molar-refractivity contribution is 9.10. The second-order valence-corrected chi connectivity index (χ2v) is 6.92. The van der Waals surface area contributed by atoms with Crippen LogP contribution in [0, 0.1) is 6.92 Å². The predicted octanol–water partition coefficient (Wildman–Crippen LogP) is 2.71. The smallest absolute Gasteiger partial charge is 0.342 e. The van der Waals surface area contributed by atoms with E-state index in [-0.39, 0.29) is 11.3 Å². The topological polar surface area (TPSA) is 105 Å². The van der Waals surface area contributed by atoms with Crippen LogP contribution in [-0.4, -0.2) is 29.6 Å². The van der Waals surface area contributed by atoms with Crippen molar-refractivity contribution in [3.8, 4) is 5.75 Å². The van der Waals surface area contributed by atoms with E-state index in [0.29, 0.717) is 11.0 Å². The number of halogens is 1. The summed E-state index contributed by atoms with van der Waals surface area (Å²) in [5.41, 5.74) is 0.663. The van der Waals surface area contributed by atoms with E-state index in [0.717, 1.165) is 10.4 Å². The van der Waals surface area contributed by atoms with Gasteiger partial charge in [-0.25, -0.2) is 9.59 Å². The molecule has 9 heteroatoms. The maximum Gasteiger partial charge on any atom is 0.342 e. The first-order valence-electron chi connectivity index (χ1n) is 7.13. The fourth-order valence-electron chi connectivity index (χ4n) is 1.89. The zero-order chi connectivity index (χ0) is 18.4. The largest absolute Gasteiger partial charge is 0.506 e. The molecule has 0 saturated carbocycles. The monoisotopic (exact) mass is 426 g/mol. The van der Waals surface area contributed by atoms with E-state index in [9.17, 15) is 19.5 Å². The Balaban J connectivity index is 1.81. The van der Waals surface area contributed by atoms with Crippen molar-refractivity contribution in [2.45, 2.75) is 13.5 Å². The molecule has 0 radical (unpaired) electrons. The average molecular weight is 427 g/mol. The summed E-state index contributed by atoms with van der Waals surface area (Å²) < 4.78 is 5.17. The Morgan fingerprint density at radius 1 is 1.32 bits per heavy atom. The number of benzene rings is 1. The van der Waals surface area contributed by atoms with Crippen molar-refractivity contribution in [1.82, 2.24) is 10.6 Å². The Kier molecular flexibility index (Phi) is 6.54. The van der Waals surface area contributed by atoms with Crippen molar-refractivity contribution in [2.24, 2.45) is 0 Å². The molecule has 0 saturated heterocycles. The van der Waals surface area contributed by atoms with Gasteiger partial charge in [-0.15, -0.1) is 11.3 Å². The van der Waals surface area contributed by atoms with Gasteiger partial charge in [0.2, 0.25) is 0 Å². The summed E-state index contributed by atoms with van der Waals surface area (Å²) in [5.74, 6) is -1.91. The first-order valence-corrected chi connectivity index (χ1v) is 8.80. The summed E-state index contributed by atoms with van der Waals surface area (Å²) >= 11 is 4.60. The average Bonchev–Trinajstić information content (AvgIpc) is 3.07. The summed E-state index contributed by atoms with van der Waals surface area (Å²) in [4.78, 5) is 36.1. The number of phenols is 1. The van der Waals surface area contributed by atoms with Crippen LogP contribution in [0.1, 0.15) is 20.8 Å². The molecule has 0 spiro atoms. The van der Waals surface area contributed by atoms with Crippen LogP contribution in [0.4, 0.5) is 4.79 Å². The first kappa shape index (κ1) is 18.9. The number of aromatic hydroxyl groups is 1. The molecule has 25 heavy (non-hydrogen) atoms. The zero-order valence-electron chi connectivity index (χ0n) is 13.2. The molecule has 132 valence electrons. The first-order chi connectivity index (χ1) is 11.9. The Bertz CT molecular complexity index is 792. The van der Waals surface area contributed by atoms with Crippen molar-refractivity contribution in [3.05, 3.63) is 50.1 Å². The Morgan fingerprint density at radius 2 is 2.08 bits per heavy atom. The minimum Gasteiger partial charge on any atom is -0.506 e. The number of thiophene rings is 1. The number of phenolic OH excluding ortho intramolecular Hbond substituents is 1. The predicted molar refractivity (Wildman–Crippen MR) is 95.5 cm³/mol. The van der Waals surface area contributed by atoms with Gasteiger partial charge in [-0.2, -0.15) is 0 Å². The van der Waals surface area contributed by atoms with E-state index in [2.05, 4.69) is 26.6 Å². The number of amides is 3. The number of urea groups is 1. The third-order valence-corrected chi connectivity index (χ3v) is 4.50. The lowest BCUT2D eigenvalue weighted by molar-refractivity contribution is -0.123. The van der Waals surface area contributed by atoms with Gasteiger partial charge in [-0.3, -0.25) is 10.1 Å². The highest BCUT2D eigenvalue weighted by atomic mass is 79.9. The molecule has 1 aromatic heterocycles. The molecule has 0 atom stereocenters. The van der Waals surface area contributed by atoms with Crippen LogP contribution in [0.2, 0.25) is 0 Å². The fraction of sp³-hybridized carbons (Fsp3) is 0.188. The lowest BCUT2D eigenvalue weighted by atomic mass is 10.1. The summed E-state index contributed by atoms with van der Waals surface area (Å²) in [6.45, 7) is 1.39. The third-order valence-electron chi connectivity index (χ3n) is 3.02. The quantitative estimate of drug-likeness (QED) is 0.637. The SMILES string of the molecule is Cc1cc(Br)c(O)c(C(=O)OCC(=O)NC(=O)NCc2cccs2)c1. The van der Waals surface area contributed by atoms with Gasteiger partial charge in [0.1, 0.15) is 11.3 Å². The molecule has 3 N–H and O–H groups in total. The standard InChI is InChI=1S/C16H15BrN2O5S/c1-9-5-11(14(21)12(17)6-9)15(22)24-8-13(20)19-16(23)18-7-10-3-2-4-25-10/h2-6,21H,7-8H2,1H3,(H2,18,19,20,23). The van der Waals surface area contributed by atoms with Crippen molar-refractivity contribution in [2.75, 3.05) is 6.61 Å². The summed E-state index contributed by atoms with van der Waals surface area (Å²) in [7, 11) is 0. The lowest BCUT2D eigenvalue weighted by Crippen LogP contribution is -2.41. The molecule has 3 amide bonds. The minimum absolute atomic E-state index is 0.0678. The number of nitrogens with one attached hydrogen (secondary N) is 2. The van der Waals surface area contributed by atoms with Gasteiger partial charge >= 0.3 is 12.0 Å². The molecular weight excluding hydrogens is 412 g/mol. The Labute approximate surface area is 156 Å². The van der Waals surface area contributed by atoms with Gasteiger partial charge < -0.3 is 15.2 Å². The van der Waals surface area contributed by atoms with Gasteiger partial charge in [0.15, 0.2) is 6.61 Å². The minimum atomic E-state index is -0.865. The number of imide groups is 1. The number of hydrogen-bond acceptors (Lipinski definition) is 6. The molecule has 2 aromatic rings. The molecule has 0 unspecified atom stereocenters. The maximum atomic E-state index is 12.0. The van der Waals surface area contributed by atoms with E-state index in [1.807, 2.05) is 17.5 Å². The van der Waals surface area contributed by atoms with Gasteiger partial charge in [0.25, 0.3) is 5.91 Å². The third kappa shape index (κ3) is 5.57. The molecule has 0 fully saturated rings. The van der Waals surface area contributed by atoms with Crippen LogP contribution in [0.5, 0.6) is 5.75 Å². The summed E-state index contributed by atoms with van der Waals surface area (Å²) in [6, 6.07) is 6.09. The summed E-state index contributed by atoms with van der Waals surface area (Å²) in [5, 5.41) is 16.3. The molecule has 2 rings (SSSR count). The van der Waals surface area contributed by atoms with E-state index in [4.69, 9.17) is 4.74 Å². The Morgan fingerprint density at radius 3 is 2.76 bits per heavy atom. The number of ether oxygens (including phenoxy) is 1. The second kappa shape index (κ2) is 8.63. The maximum absolute atomic E-state index is 12.0. The Hall–Kier alpha value is -2.39. The summed E-state index contributed by atoms with van der Waals surface area (Å²) in [6.07, 6.45) is 0. The fourth-order valence-corrected chi connectivity index (χ4v) is 3.11. The van der Waals surface area contributed by atoms with Gasteiger partial charge in [0.05, 0.1) is 11.0 Å². The number of carbonyl (C=O) groups excluding carboxylic acids is 3. The van der Waals surface area contributed by atoms with Gasteiger partial charge in [-0.05, 0) is 52.0 Å². The molecule has 1 aromatic carbocycles. The zero-order valence-corrected chi connectivity index (χ0v) is 15.6. The molecule has 0 bridgehead atoms. The second-order valence-electron chi connectivity index (χ2n) is 5.03. The van der Waals surface area contributed by atoms with Crippen molar-refractivity contribution in [3.63, 3.8) is 0 Å². The number of esters is 1. The van der Waals surface area contributed by atoms with E-state index >= 15 is 0 Å². The number of rotatable bonds is 5. The molecular formula is C16H15BrN2O5S. The van der Waals surface area contributed by atoms with Crippen LogP contribution in [0.25, 0.3) is 0 Å². The van der Waals surface area contributed by atoms with Crippen molar-refractivity contribution < 1.29 is 24.2 Å². The van der Waals surface area contributed by atoms with Crippen molar-refractivity contribution in [1.29, 1.82) is 0 Å². The number of hydrogen-bond donors (Lipinski definition) is 3.